The Labute approximate surface area is 181 Å². The number of hydrogen-bond acceptors (Lipinski definition) is 5. The van der Waals surface area contributed by atoms with Crippen molar-refractivity contribution >= 4 is 34.9 Å². The van der Waals surface area contributed by atoms with E-state index in [1.54, 1.807) is 12.1 Å². The van der Waals surface area contributed by atoms with E-state index in [-0.39, 0.29) is 29.4 Å². The van der Waals surface area contributed by atoms with Crippen molar-refractivity contribution in [3.05, 3.63) is 45.9 Å². The van der Waals surface area contributed by atoms with E-state index < -0.39 is 0 Å². The topological polar surface area (TPSA) is 95.2 Å². The van der Waals surface area contributed by atoms with Crippen molar-refractivity contribution in [2.75, 3.05) is 18.4 Å². The number of nitrogens with one attached hydrogen (secondary N) is 2. The molecule has 2 N–H and O–H groups in total. The van der Waals surface area contributed by atoms with E-state index >= 15 is 0 Å². The Kier molecular flexibility index (Phi) is 6.73. The predicted octanol–water partition coefficient (Wildman–Crippen LogP) is 3.80. The largest absolute Gasteiger partial charge is 0.355 e. The molecule has 3 heterocycles. The van der Waals surface area contributed by atoms with Gasteiger partial charge in [-0.25, -0.2) is 4.98 Å². The van der Waals surface area contributed by atoms with Crippen molar-refractivity contribution in [3.63, 3.8) is 0 Å². The summed E-state index contributed by atoms with van der Waals surface area (Å²) in [6, 6.07) is 3.03. The van der Waals surface area contributed by atoms with Gasteiger partial charge < -0.3 is 10.3 Å². The zero-order valence-electron chi connectivity index (χ0n) is 17.7. The third-order valence-electron chi connectivity index (χ3n) is 5.84. The number of aryl methyl sites for hydroxylation is 1. The minimum Gasteiger partial charge on any atom is -0.355 e. The minimum atomic E-state index is -0.330. The van der Waals surface area contributed by atoms with Crippen LogP contribution >= 0.6 is 11.6 Å². The van der Waals surface area contributed by atoms with E-state index in [2.05, 4.69) is 20.2 Å². The molecular formula is C22H27ClN4O3. The van der Waals surface area contributed by atoms with Crippen molar-refractivity contribution in [3.8, 4) is 0 Å². The van der Waals surface area contributed by atoms with Gasteiger partial charge >= 0.3 is 0 Å². The average Bonchev–Trinajstić information content (AvgIpc) is 3.02. The lowest BCUT2D eigenvalue weighted by Crippen LogP contribution is -2.46. The van der Waals surface area contributed by atoms with Gasteiger partial charge in [-0.1, -0.05) is 11.6 Å². The van der Waals surface area contributed by atoms with Gasteiger partial charge in [0.1, 0.15) is 5.82 Å². The number of carbonyl (C=O) groups excluding carboxylic acids is 3. The Morgan fingerprint density at radius 3 is 2.43 bits per heavy atom. The number of aromatic amines is 1. The van der Waals surface area contributed by atoms with Crippen LogP contribution in [-0.2, 0) is 4.79 Å². The van der Waals surface area contributed by atoms with Crippen molar-refractivity contribution in [2.24, 2.45) is 5.92 Å². The number of hydrogen-bond donors (Lipinski definition) is 2. The SMILES string of the molecule is CC(=O)c1c(C)[nH]c(C(=O)C(C)N2CCC(C(=O)Nc3ccc(Cl)cn3)CC2)c1C. The molecule has 0 aromatic carbocycles. The lowest BCUT2D eigenvalue weighted by molar-refractivity contribution is -0.121. The fourth-order valence-corrected chi connectivity index (χ4v) is 4.24. The first-order valence-corrected chi connectivity index (χ1v) is 10.5. The number of carbonyl (C=O) groups is 3. The molecule has 0 bridgehead atoms. The molecule has 0 radical (unpaired) electrons. The fraction of sp³-hybridized carbons (Fsp3) is 0.455. The molecule has 1 atom stereocenters. The third kappa shape index (κ3) is 4.63. The quantitative estimate of drug-likeness (QED) is 0.679. The highest BCUT2D eigenvalue weighted by Gasteiger charge is 2.32. The number of piperidine rings is 1. The zero-order valence-corrected chi connectivity index (χ0v) is 18.5. The second kappa shape index (κ2) is 9.10. The normalized spacial score (nSPS) is 16.3. The molecule has 8 heteroatoms. The van der Waals surface area contributed by atoms with E-state index in [9.17, 15) is 14.4 Å². The second-order valence-electron chi connectivity index (χ2n) is 7.88. The summed E-state index contributed by atoms with van der Waals surface area (Å²) in [5.74, 6) is 0.214. The number of rotatable bonds is 6. The standard InChI is InChI=1S/C22H27ClN4O3/c1-12-19(15(4)28)13(2)25-20(12)21(29)14(3)27-9-7-16(8-10-27)22(30)26-18-6-5-17(23)11-24-18/h5-6,11,14,16,25H,7-10H2,1-4H3,(H,24,26,30). The molecule has 0 spiro atoms. The summed E-state index contributed by atoms with van der Waals surface area (Å²) in [5.41, 5.74) is 2.53. The molecule has 160 valence electrons. The average molecular weight is 431 g/mol. The second-order valence-corrected chi connectivity index (χ2v) is 8.32. The summed E-state index contributed by atoms with van der Waals surface area (Å²) in [7, 11) is 0. The monoisotopic (exact) mass is 430 g/mol. The summed E-state index contributed by atoms with van der Waals surface area (Å²) in [6.45, 7) is 8.31. The Balaban J connectivity index is 1.60. The molecule has 2 aromatic heterocycles. The van der Waals surface area contributed by atoms with Crippen molar-refractivity contribution in [1.29, 1.82) is 0 Å². The highest BCUT2D eigenvalue weighted by Crippen LogP contribution is 2.24. The van der Waals surface area contributed by atoms with Crippen molar-refractivity contribution < 1.29 is 14.4 Å². The van der Waals surface area contributed by atoms with Gasteiger partial charge in [0.15, 0.2) is 11.6 Å². The van der Waals surface area contributed by atoms with Crippen LogP contribution in [0.4, 0.5) is 5.82 Å². The van der Waals surface area contributed by atoms with Crippen LogP contribution in [0.3, 0.4) is 0 Å². The maximum Gasteiger partial charge on any atom is 0.228 e. The van der Waals surface area contributed by atoms with Crippen LogP contribution in [0.2, 0.25) is 5.02 Å². The van der Waals surface area contributed by atoms with E-state index in [0.29, 0.717) is 53.6 Å². The van der Waals surface area contributed by atoms with Crippen LogP contribution < -0.4 is 5.32 Å². The van der Waals surface area contributed by atoms with Crippen molar-refractivity contribution in [2.45, 2.75) is 46.6 Å². The maximum absolute atomic E-state index is 13.1. The molecule has 1 unspecified atom stereocenters. The molecule has 7 nitrogen and oxygen atoms in total. The first kappa shape index (κ1) is 22.2. The number of likely N-dealkylation sites (tertiary alicyclic amines) is 1. The molecule has 0 aliphatic carbocycles. The number of halogens is 1. The molecule has 1 aliphatic rings. The number of Topliss-reactive ketones (excluding diaryl/α,β-unsaturated/α-hetero) is 2. The van der Waals surface area contributed by atoms with Gasteiger partial charge in [0.2, 0.25) is 5.91 Å². The predicted molar refractivity (Wildman–Crippen MR) is 116 cm³/mol. The van der Waals surface area contributed by atoms with E-state index in [4.69, 9.17) is 11.6 Å². The molecule has 1 fully saturated rings. The summed E-state index contributed by atoms with van der Waals surface area (Å²) < 4.78 is 0. The van der Waals surface area contributed by atoms with E-state index in [0.717, 1.165) is 5.69 Å². The number of amides is 1. The molecular weight excluding hydrogens is 404 g/mol. The Hall–Kier alpha value is -2.51. The lowest BCUT2D eigenvalue weighted by Gasteiger charge is -2.34. The number of aromatic nitrogens is 2. The molecule has 0 saturated carbocycles. The van der Waals surface area contributed by atoms with Crippen LogP contribution in [0.25, 0.3) is 0 Å². The number of pyridine rings is 1. The summed E-state index contributed by atoms with van der Waals surface area (Å²) in [4.78, 5) is 46.7. The number of H-pyrrole nitrogens is 1. The van der Waals surface area contributed by atoms with E-state index in [1.165, 1.54) is 13.1 Å². The van der Waals surface area contributed by atoms with Crippen LogP contribution in [-0.4, -0.2) is 51.5 Å². The van der Waals surface area contributed by atoms with Crippen LogP contribution in [0.1, 0.15) is 58.8 Å². The molecule has 3 rings (SSSR count). The van der Waals surface area contributed by atoms with Gasteiger partial charge in [-0.05, 0) is 71.3 Å². The van der Waals surface area contributed by atoms with Crippen LogP contribution in [0, 0.1) is 19.8 Å². The number of nitrogens with zero attached hydrogens (tertiary/aromatic N) is 2. The Morgan fingerprint density at radius 2 is 1.90 bits per heavy atom. The Morgan fingerprint density at radius 1 is 1.23 bits per heavy atom. The highest BCUT2D eigenvalue weighted by atomic mass is 35.5. The molecule has 1 aliphatic heterocycles. The molecule has 30 heavy (non-hydrogen) atoms. The van der Waals surface area contributed by atoms with Gasteiger partial charge in [-0.3, -0.25) is 19.3 Å². The minimum absolute atomic E-state index is 0.0311. The highest BCUT2D eigenvalue weighted by molar-refractivity contribution is 6.30. The number of anilines is 1. The molecule has 1 saturated heterocycles. The summed E-state index contributed by atoms with van der Waals surface area (Å²) >= 11 is 5.82. The Bertz CT molecular complexity index is 960. The molecule has 1 amide bonds. The smallest absolute Gasteiger partial charge is 0.228 e. The first-order chi connectivity index (χ1) is 14.2. The van der Waals surface area contributed by atoms with Gasteiger partial charge in [0.25, 0.3) is 0 Å². The van der Waals surface area contributed by atoms with Gasteiger partial charge in [0, 0.05) is 23.4 Å². The maximum atomic E-state index is 13.1. The van der Waals surface area contributed by atoms with Gasteiger partial charge in [-0.15, -0.1) is 0 Å². The van der Waals surface area contributed by atoms with Gasteiger partial charge in [0.05, 0.1) is 16.8 Å². The lowest BCUT2D eigenvalue weighted by atomic mass is 9.93. The van der Waals surface area contributed by atoms with Crippen LogP contribution in [0.5, 0.6) is 0 Å². The number of ketones is 2. The van der Waals surface area contributed by atoms with E-state index in [1.807, 2.05) is 20.8 Å². The van der Waals surface area contributed by atoms with Gasteiger partial charge in [-0.2, -0.15) is 0 Å². The van der Waals surface area contributed by atoms with Crippen molar-refractivity contribution in [1.82, 2.24) is 14.9 Å². The summed E-state index contributed by atoms with van der Waals surface area (Å²) in [5, 5.41) is 3.34. The first-order valence-electron chi connectivity index (χ1n) is 10.1. The zero-order chi connectivity index (χ0) is 22.0. The molecule has 2 aromatic rings. The fourth-order valence-electron chi connectivity index (χ4n) is 4.13. The summed E-state index contributed by atoms with van der Waals surface area (Å²) in [6.07, 6.45) is 2.83. The third-order valence-corrected chi connectivity index (χ3v) is 6.07. The van der Waals surface area contributed by atoms with Crippen LogP contribution in [0.15, 0.2) is 18.3 Å².